The van der Waals surface area contributed by atoms with Gasteiger partial charge in [0.05, 0.1) is 0 Å². The zero-order chi connectivity index (χ0) is 16.7. The van der Waals surface area contributed by atoms with Gasteiger partial charge in [0.1, 0.15) is 0 Å². The summed E-state index contributed by atoms with van der Waals surface area (Å²) in [6.45, 7) is 6.73. The molecule has 24 heavy (non-hydrogen) atoms. The fraction of sp³-hybridized carbons (Fsp3) is 0.364. The lowest BCUT2D eigenvalue weighted by molar-refractivity contribution is 0.378. The molecule has 1 aliphatic heterocycles. The molecule has 1 aliphatic rings. The van der Waals surface area contributed by atoms with E-state index in [0.29, 0.717) is 0 Å². The Bertz CT molecular complexity index is 877. The van der Waals surface area contributed by atoms with Crippen LogP contribution in [0.1, 0.15) is 31.4 Å². The first kappa shape index (κ1) is 15.3. The van der Waals surface area contributed by atoms with Crippen molar-refractivity contribution in [3.8, 4) is 0 Å². The Morgan fingerprint density at radius 2 is 1.75 bits per heavy atom. The first-order valence-corrected chi connectivity index (χ1v) is 9.06. The molecular formula is C22H26N2. The molecule has 2 heterocycles. The molecule has 1 aromatic heterocycles. The average molecular weight is 318 g/mol. The third-order valence-electron chi connectivity index (χ3n) is 5.83. The minimum atomic E-state index is 0.193. The molecule has 0 radical (unpaired) electrons. The van der Waals surface area contributed by atoms with E-state index in [1.54, 1.807) is 0 Å². The van der Waals surface area contributed by atoms with E-state index >= 15 is 0 Å². The highest BCUT2D eigenvalue weighted by molar-refractivity contribution is 5.84. The summed E-state index contributed by atoms with van der Waals surface area (Å²) in [5, 5.41) is 1.41. The zero-order valence-corrected chi connectivity index (χ0v) is 14.9. The number of hydrogen-bond acceptors (Lipinski definition) is 1. The average Bonchev–Trinajstić information content (AvgIpc) is 3.12. The second-order valence-corrected chi connectivity index (χ2v) is 7.16. The zero-order valence-electron chi connectivity index (χ0n) is 14.9. The highest BCUT2D eigenvalue weighted by Crippen LogP contribution is 2.43. The molecule has 0 N–H and O–H groups in total. The molecule has 0 amide bonds. The molecule has 124 valence electrons. The fourth-order valence-corrected chi connectivity index (χ4v) is 4.49. The Balaban J connectivity index is 1.83. The maximum absolute atomic E-state index is 2.49. The summed E-state index contributed by atoms with van der Waals surface area (Å²) in [7, 11) is 2.22. The smallest absolute Gasteiger partial charge is 0.0483 e. The summed E-state index contributed by atoms with van der Waals surface area (Å²) in [5.41, 5.74) is 5.92. The minimum Gasteiger partial charge on any atom is -0.373 e. The third-order valence-corrected chi connectivity index (χ3v) is 5.83. The van der Waals surface area contributed by atoms with Crippen molar-refractivity contribution >= 4 is 16.6 Å². The Morgan fingerprint density at radius 1 is 1.00 bits per heavy atom. The van der Waals surface area contributed by atoms with Crippen LogP contribution in [0.2, 0.25) is 0 Å². The van der Waals surface area contributed by atoms with Gasteiger partial charge in [-0.05, 0) is 36.1 Å². The number of para-hydroxylation sites is 2. The van der Waals surface area contributed by atoms with Crippen LogP contribution in [0.5, 0.6) is 0 Å². The standard InChI is InChI=1S/C22H26N2/c1-4-17-14-24(20-12-8-6-10-18(17)20)16-22(5-2)15-23(3)21-13-9-7-11-19(21)22/h6-14H,4-5,15-16H2,1-3H3. The molecule has 0 aliphatic carbocycles. The molecule has 0 bridgehead atoms. The van der Waals surface area contributed by atoms with Crippen molar-refractivity contribution in [2.75, 3.05) is 18.5 Å². The largest absolute Gasteiger partial charge is 0.373 e. The lowest BCUT2D eigenvalue weighted by Crippen LogP contribution is -2.35. The van der Waals surface area contributed by atoms with Gasteiger partial charge in [-0.3, -0.25) is 0 Å². The van der Waals surface area contributed by atoms with Gasteiger partial charge in [0.15, 0.2) is 0 Å². The Hall–Kier alpha value is -2.22. The van der Waals surface area contributed by atoms with Gasteiger partial charge in [-0.25, -0.2) is 0 Å². The van der Waals surface area contributed by atoms with Crippen molar-refractivity contribution in [2.24, 2.45) is 0 Å². The van der Waals surface area contributed by atoms with Gasteiger partial charge in [0, 0.05) is 48.3 Å². The fourth-order valence-electron chi connectivity index (χ4n) is 4.49. The van der Waals surface area contributed by atoms with E-state index in [2.05, 4.69) is 85.1 Å². The molecule has 0 fully saturated rings. The molecule has 2 heteroatoms. The molecule has 1 atom stereocenters. The molecule has 4 rings (SSSR count). The number of fused-ring (bicyclic) bond motifs is 2. The van der Waals surface area contributed by atoms with Gasteiger partial charge in [0.25, 0.3) is 0 Å². The lowest BCUT2D eigenvalue weighted by Gasteiger charge is -2.30. The second-order valence-electron chi connectivity index (χ2n) is 7.16. The summed E-state index contributed by atoms with van der Waals surface area (Å²) in [5.74, 6) is 0. The van der Waals surface area contributed by atoms with Gasteiger partial charge in [0.2, 0.25) is 0 Å². The van der Waals surface area contributed by atoms with Crippen molar-refractivity contribution in [2.45, 2.75) is 38.6 Å². The number of nitrogens with zero attached hydrogens (tertiary/aromatic N) is 2. The number of rotatable bonds is 4. The quantitative estimate of drug-likeness (QED) is 0.657. The van der Waals surface area contributed by atoms with Gasteiger partial charge in [-0.1, -0.05) is 50.2 Å². The van der Waals surface area contributed by atoms with E-state index in [9.17, 15) is 0 Å². The number of anilines is 1. The lowest BCUT2D eigenvalue weighted by atomic mass is 9.79. The first-order valence-electron chi connectivity index (χ1n) is 9.06. The van der Waals surface area contributed by atoms with Gasteiger partial charge >= 0.3 is 0 Å². The molecule has 0 spiro atoms. The van der Waals surface area contributed by atoms with Crippen LogP contribution in [0.15, 0.2) is 54.7 Å². The van der Waals surface area contributed by atoms with Gasteiger partial charge < -0.3 is 9.47 Å². The predicted octanol–water partition coefficient (Wildman–Crippen LogP) is 5.00. The van der Waals surface area contributed by atoms with Crippen molar-refractivity contribution in [3.05, 3.63) is 65.9 Å². The Morgan fingerprint density at radius 3 is 2.54 bits per heavy atom. The summed E-state index contributed by atoms with van der Waals surface area (Å²) in [4.78, 5) is 2.42. The number of aromatic nitrogens is 1. The van der Waals surface area contributed by atoms with Crippen LogP contribution in [0.4, 0.5) is 5.69 Å². The molecule has 0 saturated carbocycles. The van der Waals surface area contributed by atoms with Crippen LogP contribution in [0.25, 0.3) is 10.9 Å². The minimum absolute atomic E-state index is 0.193. The van der Waals surface area contributed by atoms with Crippen LogP contribution in [-0.2, 0) is 18.4 Å². The van der Waals surface area contributed by atoms with Crippen molar-refractivity contribution < 1.29 is 0 Å². The molecule has 2 nitrogen and oxygen atoms in total. The maximum atomic E-state index is 2.49. The second kappa shape index (κ2) is 5.70. The normalized spacial score (nSPS) is 19.9. The summed E-state index contributed by atoms with van der Waals surface area (Å²) < 4.78 is 2.49. The van der Waals surface area contributed by atoms with E-state index < -0.39 is 0 Å². The summed E-state index contributed by atoms with van der Waals surface area (Å²) in [6.07, 6.45) is 4.62. The van der Waals surface area contributed by atoms with Crippen LogP contribution in [0, 0.1) is 0 Å². The maximum Gasteiger partial charge on any atom is 0.0483 e. The number of hydrogen-bond donors (Lipinski definition) is 0. The molecule has 1 unspecified atom stereocenters. The third kappa shape index (κ3) is 2.16. The number of likely N-dealkylation sites (N-methyl/N-ethyl adjacent to an activating group) is 1. The molecule has 2 aromatic carbocycles. The van der Waals surface area contributed by atoms with E-state index in [0.717, 1.165) is 25.9 Å². The van der Waals surface area contributed by atoms with Crippen molar-refractivity contribution in [3.63, 3.8) is 0 Å². The molecular weight excluding hydrogens is 292 g/mol. The van der Waals surface area contributed by atoms with Gasteiger partial charge in [-0.15, -0.1) is 0 Å². The van der Waals surface area contributed by atoms with Crippen molar-refractivity contribution in [1.29, 1.82) is 0 Å². The van der Waals surface area contributed by atoms with E-state index in [1.807, 2.05) is 0 Å². The topological polar surface area (TPSA) is 8.17 Å². The van der Waals surface area contributed by atoms with Crippen LogP contribution < -0.4 is 4.90 Å². The van der Waals surface area contributed by atoms with Crippen molar-refractivity contribution in [1.82, 2.24) is 4.57 Å². The van der Waals surface area contributed by atoms with E-state index in [-0.39, 0.29) is 5.41 Å². The van der Waals surface area contributed by atoms with Crippen LogP contribution >= 0.6 is 0 Å². The number of benzene rings is 2. The SMILES string of the molecule is CCc1cn(CC2(CC)CN(C)c3ccccc32)c2ccccc12. The van der Waals surface area contributed by atoms with E-state index in [4.69, 9.17) is 0 Å². The summed E-state index contributed by atoms with van der Waals surface area (Å²) in [6, 6.07) is 17.8. The highest BCUT2D eigenvalue weighted by Gasteiger charge is 2.40. The van der Waals surface area contributed by atoms with Crippen LogP contribution in [0.3, 0.4) is 0 Å². The first-order chi connectivity index (χ1) is 11.7. The monoisotopic (exact) mass is 318 g/mol. The predicted molar refractivity (Wildman–Crippen MR) is 103 cm³/mol. The van der Waals surface area contributed by atoms with E-state index in [1.165, 1.54) is 27.7 Å². The Kier molecular flexibility index (Phi) is 3.64. The Labute approximate surface area is 144 Å². The molecule has 0 saturated heterocycles. The number of aryl methyl sites for hydroxylation is 1. The van der Waals surface area contributed by atoms with Gasteiger partial charge in [-0.2, -0.15) is 0 Å². The highest BCUT2D eigenvalue weighted by atomic mass is 15.1. The van der Waals surface area contributed by atoms with Crippen LogP contribution in [-0.4, -0.2) is 18.2 Å². The summed E-state index contributed by atoms with van der Waals surface area (Å²) >= 11 is 0. The molecule has 3 aromatic rings.